The van der Waals surface area contributed by atoms with E-state index in [9.17, 15) is 9.59 Å². The van der Waals surface area contributed by atoms with E-state index in [1.54, 1.807) is 11.8 Å². The van der Waals surface area contributed by atoms with Gasteiger partial charge in [0.05, 0.1) is 18.4 Å². The van der Waals surface area contributed by atoms with Gasteiger partial charge >= 0.3 is 11.9 Å². The van der Waals surface area contributed by atoms with Gasteiger partial charge in [0.1, 0.15) is 0 Å². The predicted octanol–water partition coefficient (Wildman–Crippen LogP) is 5.39. The van der Waals surface area contributed by atoms with Crippen molar-refractivity contribution >= 4 is 23.7 Å². The largest absolute Gasteiger partial charge is 0.481 e. The van der Waals surface area contributed by atoms with E-state index < -0.39 is 11.4 Å². The maximum absolute atomic E-state index is 12.8. The molecule has 0 aromatic heterocycles. The fraction of sp³-hybridized carbons (Fsp3) is 0.900. The highest BCUT2D eigenvalue weighted by atomic mass is 32.2. The van der Waals surface area contributed by atoms with Gasteiger partial charge in [-0.05, 0) is 31.6 Å². The van der Waals surface area contributed by atoms with Gasteiger partial charge < -0.3 is 9.84 Å². The average molecular weight is 375 g/mol. The summed E-state index contributed by atoms with van der Waals surface area (Å²) in [5.41, 5.74) is -0.562. The van der Waals surface area contributed by atoms with Gasteiger partial charge in [0, 0.05) is 10.5 Å². The number of ether oxygens (including phenoxy) is 1. The molecule has 0 aliphatic rings. The van der Waals surface area contributed by atoms with Gasteiger partial charge in [0.15, 0.2) is 0 Å². The highest BCUT2D eigenvalue weighted by Crippen LogP contribution is 2.45. The third kappa shape index (κ3) is 8.98. The van der Waals surface area contributed by atoms with Gasteiger partial charge in [-0.2, -0.15) is 11.8 Å². The fourth-order valence-corrected chi connectivity index (χ4v) is 4.30. The van der Waals surface area contributed by atoms with E-state index in [0.29, 0.717) is 24.7 Å². The zero-order valence-electron chi connectivity index (χ0n) is 17.2. The minimum atomic E-state index is -0.770. The fourth-order valence-electron chi connectivity index (χ4n) is 2.84. The molecule has 0 saturated carbocycles. The third-order valence-electron chi connectivity index (χ3n) is 4.86. The van der Waals surface area contributed by atoms with Crippen LogP contribution in [0.4, 0.5) is 0 Å². The molecule has 2 atom stereocenters. The first kappa shape index (κ1) is 24.3. The average Bonchev–Trinajstić information content (AvgIpc) is 2.49. The van der Waals surface area contributed by atoms with E-state index in [1.165, 1.54) is 0 Å². The second-order valence-electron chi connectivity index (χ2n) is 8.29. The molecule has 0 aromatic carbocycles. The highest BCUT2D eigenvalue weighted by molar-refractivity contribution is 8.00. The van der Waals surface area contributed by atoms with Crippen molar-refractivity contribution in [1.82, 2.24) is 0 Å². The molecule has 0 radical (unpaired) electrons. The van der Waals surface area contributed by atoms with Crippen LogP contribution in [0.25, 0.3) is 0 Å². The molecule has 0 heterocycles. The van der Waals surface area contributed by atoms with Crippen LogP contribution in [-0.2, 0) is 14.3 Å². The van der Waals surface area contributed by atoms with Crippen LogP contribution in [-0.4, -0.2) is 34.2 Å². The predicted molar refractivity (Wildman–Crippen MR) is 106 cm³/mol. The molecule has 2 unspecified atom stereocenters. The minimum Gasteiger partial charge on any atom is -0.481 e. The number of esters is 1. The number of rotatable bonds is 13. The van der Waals surface area contributed by atoms with E-state index in [4.69, 9.17) is 9.84 Å². The Morgan fingerprint density at radius 3 is 2.20 bits per heavy atom. The van der Waals surface area contributed by atoms with Gasteiger partial charge in [0.2, 0.25) is 0 Å². The lowest BCUT2D eigenvalue weighted by Gasteiger charge is -2.40. The summed E-state index contributed by atoms with van der Waals surface area (Å²) in [6.07, 6.45) is 4.01. The SMILES string of the molecule is CCCCC(C)(CC(C)(C(=O)OCC(C)C)C(C)C)SCCC(=O)O. The normalized spacial score (nSPS) is 16.5. The van der Waals surface area contributed by atoms with E-state index >= 15 is 0 Å². The molecule has 148 valence electrons. The lowest BCUT2D eigenvalue weighted by Crippen LogP contribution is -2.42. The summed E-state index contributed by atoms with van der Waals surface area (Å²) in [7, 11) is 0. The third-order valence-corrected chi connectivity index (χ3v) is 6.31. The van der Waals surface area contributed by atoms with Gasteiger partial charge in [-0.25, -0.2) is 0 Å². The Morgan fingerprint density at radius 1 is 1.16 bits per heavy atom. The number of carboxylic acids is 1. The van der Waals surface area contributed by atoms with Crippen molar-refractivity contribution in [3.05, 3.63) is 0 Å². The topological polar surface area (TPSA) is 63.6 Å². The van der Waals surface area contributed by atoms with Crippen LogP contribution in [0.1, 0.15) is 80.6 Å². The van der Waals surface area contributed by atoms with E-state index in [2.05, 4.69) is 27.7 Å². The van der Waals surface area contributed by atoms with Crippen molar-refractivity contribution in [2.45, 2.75) is 85.3 Å². The maximum Gasteiger partial charge on any atom is 0.312 e. The number of thioether (sulfide) groups is 1. The van der Waals surface area contributed by atoms with E-state index in [-0.39, 0.29) is 23.1 Å². The lowest BCUT2D eigenvalue weighted by atomic mass is 9.72. The van der Waals surface area contributed by atoms with Gasteiger partial charge in [-0.3, -0.25) is 9.59 Å². The quantitative estimate of drug-likeness (QED) is 0.438. The Labute approximate surface area is 158 Å². The number of unbranched alkanes of at least 4 members (excludes halogenated alkanes) is 1. The summed E-state index contributed by atoms with van der Waals surface area (Å²) in [6.45, 7) is 15.0. The second kappa shape index (κ2) is 11.1. The summed E-state index contributed by atoms with van der Waals surface area (Å²) in [5, 5.41) is 8.93. The molecule has 0 amide bonds. The summed E-state index contributed by atoms with van der Waals surface area (Å²) in [6, 6.07) is 0. The molecule has 1 N–H and O–H groups in total. The number of aliphatic carboxylic acids is 1. The number of hydrogen-bond donors (Lipinski definition) is 1. The van der Waals surface area contributed by atoms with Crippen LogP contribution < -0.4 is 0 Å². The first-order valence-corrected chi connectivity index (χ1v) is 10.5. The number of hydrogen-bond acceptors (Lipinski definition) is 4. The summed E-state index contributed by atoms with van der Waals surface area (Å²) >= 11 is 1.69. The summed E-state index contributed by atoms with van der Waals surface area (Å²) in [5.74, 6) is 0.154. The Morgan fingerprint density at radius 2 is 1.76 bits per heavy atom. The molecule has 4 nitrogen and oxygen atoms in total. The van der Waals surface area contributed by atoms with Crippen LogP contribution in [0.15, 0.2) is 0 Å². The number of carbonyl (C=O) groups is 2. The smallest absolute Gasteiger partial charge is 0.312 e. The zero-order chi connectivity index (χ0) is 19.7. The monoisotopic (exact) mass is 374 g/mol. The number of carbonyl (C=O) groups excluding carboxylic acids is 1. The summed E-state index contributed by atoms with van der Waals surface area (Å²) in [4.78, 5) is 23.7. The van der Waals surface area contributed by atoms with Crippen molar-refractivity contribution in [2.24, 2.45) is 17.3 Å². The van der Waals surface area contributed by atoms with Gasteiger partial charge in [-0.15, -0.1) is 0 Å². The molecule has 0 aliphatic heterocycles. The van der Waals surface area contributed by atoms with Crippen LogP contribution in [0.5, 0.6) is 0 Å². The highest BCUT2D eigenvalue weighted by Gasteiger charge is 2.44. The molecule has 0 aromatic rings. The Bertz CT molecular complexity index is 422. The van der Waals surface area contributed by atoms with Crippen LogP contribution in [0.3, 0.4) is 0 Å². The zero-order valence-corrected chi connectivity index (χ0v) is 18.0. The van der Waals surface area contributed by atoms with Gasteiger partial charge in [-0.1, -0.05) is 54.4 Å². The standard InChI is InChI=1S/C20H38O4S/c1-8-9-11-19(6,25-12-10-17(21)22)14-20(7,16(4)5)18(23)24-13-15(2)3/h15-16H,8-14H2,1-7H3,(H,21,22). The molecular weight excluding hydrogens is 336 g/mol. The first-order chi connectivity index (χ1) is 11.5. The molecule has 0 aliphatic carbocycles. The van der Waals surface area contributed by atoms with Crippen LogP contribution >= 0.6 is 11.8 Å². The molecular formula is C20H38O4S. The lowest BCUT2D eigenvalue weighted by molar-refractivity contribution is -0.160. The van der Waals surface area contributed by atoms with Crippen LogP contribution in [0.2, 0.25) is 0 Å². The maximum atomic E-state index is 12.8. The van der Waals surface area contributed by atoms with Gasteiger partial charge in [0.25, 0.3) is 0 Å². The molecule has 0 spiro atoms. The van der Waals surface area contributed by atoms with E-state index in [1.807, 2.05) is 20.8 Å². The molecule has 5 heteroatoms. The second-order valence-corrected chi connectivity index (χ2v) is 9.97. The molecule has 25 heavy (non-hydrogen) atoms. The first-order valence-electron chi connectivity index (χ1n) is 9.50. The van der Waals surface area contributed by atoms with Crippen molar-refractivity contribution < 1.29 is 19.4 Å². The van der Waals surface area contributed by atoms with Crippen molar-refractivity contribution in [3.63, 3.8) is 0 Å². The molecule has 0 rings (SSSR count). The summed E-state index contributed by atoms with van der Waals surface area (Å²) < 4.78 is 5.46. The minimum absolute atomic E-state index is 0.124. The van der Waals surface area contributed by atoms with Crippen molar-refractivity contribution in [1.29, 1.82) is 0 Å². The van der Waals surface area contributed by atoms with Crippen molar-refractivity contribution in [2.75, 3.05) is 12.4 Å². The van der Waals surface area contributed by atoms with E-state index in [0.717, 1.165) is 19.3 Å². The number of carboxylic acid groups (broad SMARTS) is 1. The molecule has 0 bridgehead atoms. The Hall–Kier alpha value is -0.710. The Balaban J connectivity index is 5.23. The van der Waals surface area contributed by atoms with Crippen molar-refractivity contribution in [3.8, 4) is 0 Å². The van der Waals surface area contributed by atoms with Crippen LogP contribution in [0, 0.1) is 17.3 Å². The Kier molecular flexibility index (Phi) is 10.8. The molecule has 0 saturated heterocycles. The molecule has 0 fully saturated rings.